The van der Waals surface area contributed by atoms with Gasteiger partial charge < -0.3 is 5.32 Å². The van der Waals surface area contributed by atoms with Crippen LogP contribution in [0.4, 0.5) is 18.9 Å². The number of amides is 1. The summed E-state index contributed by atoms with van der Waals surface area (Å²) in [5, 5.41) is 2.25. The Labute approximate surface area is 195 Å². The van der Waals surface area contributed by atoms with Crippen LogP contribution in [0.5, 0.6) is 0 Å². The molecule has 0 saturated heterocycles. The van der Waals surface area contributed by atoms with E-state index >= 15 is 4.39 Å². The molecular weight excluding hydrogens is 459 g/mol. The molecule has 0 spiro atoms. The summed E-state index contributed by atoms with van der Waals surface area (Å²) in [6, 6.07) is 10.9. The predicted octanol–water partition coefficient (Wildman–Crippen LogP) is 4.72. The van der Waals surface area contributed by atoms with Crippen molar-refractivity contribution in [1.82, 2.24) is 19.5 Å². The van der Waals surface area contributed by atoms with Crippen molar-refractivity contribution in [2.75, 3.05) is 5.32 Å². The monoisotopic (exact) mass is 473 g/mol. The zero-order chi connectivity index (χ0) is 24.5. The van der Waals surface area contributed by atoms with Crippen LogP contribution in [0.25, 0.3) is 16.9 Å². The number of hydrogen-bond donors (Lipinski definition) is 1. The minimum absolute atomic E-state index is 0.0269. The van der Waals surface area contributed by atoms with Crippen molar-refractivity contribution in [3.05, 3.63) is 114 Å². The van der Waals surface area contributed by atoms with E-state index < -0.39 is 40.4 Å². The van der Waals surface area contributed by atoms with Crippen molar-refractivity contribution in [3.63, 3.8) is 0 Å². The number of nitrogens with one attached hydrogen (secondary N) is 1. The van der Waals surface area contributed by atoms with E-state index in [2.05, 4.69) is 20.3 Å². The van der Waals surface area contributed by atoms with E-state index in [4.69, 9.17) is 0 Å². The van der Waals surface area contributed by atoms with E-state index in [1.807, 2.05) is 0 Å². The number of rotatable bonds is 5. The number of carbonyl (C=O) groups is 2. The van der Waals surface area contributed by atoms with Crippen LogP contribution in [0, 0.1) is 17.5 Å². The average Bonchev–Trinajstić information content (AvgIpc) is 3.40. The van der Waals surface area contributed by atoms with Crippen LogP contribution in [0.2, 0.25) is 0 Å². The van der Waals surface area contributed by atoms with Crippen molar-refractivity contribution in [2.24, 2.45) is 0 Å². The molecule has 5 rings (SSSR count). The minimum Gasteiger partial charge on any atom is -0.319 e. The lowest BCUT2D eigenvalue weighted by Crippen LogP contribution is -2.16. The molecule has 10 heteroatoms. The van der Waals surface area contributed by atoms with Crippen LogP contribution in [0.15, 0.2) is 79.5 Å². The molecule has 0 bridgehead atoms. The van der Waals surface area contributed by atoms with Gasteiger partial charge in [0.2, 0.25) is 0 Å². The van der Waals surface area contributed by atoms with E-state index in [9.17, 15) is 18.4 Å². The number of fused-ring (bicyclic) bond motifs is 1. The Balaban J connectivity index is 1.49. The smallest absolute Gasteiger partial charge is 0.255 e. The molecule has 2 aromatic heterocycles. The summed E-state index contributed by atoms with van der Waals surface area (Å²) >= 11 is 0. The number of benzene rings is 3. The van der Waals surface area contributed by atoms with Gasteiger partial charge in [-0.25, -0.2) is 23.1 Å². The van der Waals surface area contributed by atoms with Crippen LogP contribution in [-0.4, -0.2) is 31.2 Å². The molecule has 0 unspecified atom stereocenters. The average molecular weight is 473 g/mol. The molecular formula is C25H14F3N5O2. The highest BCUT2D eigenvalue weighted by Gasteiger charge is 2.23. The zero-order valence-electron chi connectivity index (χ0n) is 17.7. The second-order valence-electron chi connectivity index (χ2n) is 7.48. The molecule has 1 N–H and O–H groups in total. The Morgan fingerprint density at radius 3 is 2.54 bits per heavy atom. The summed E-state index contributed by atoms with van der Waals surface area (Å²) in [4.78, 5) is 38.1. The molecule has 3 aromatic carbocycles. The maximum Gasteiger partial charge on any atom is 0.255 e. The molecule has 7 nitrogen and oxygen atoms in total. The van der Waals surface area contributed by atoms with E-state index in [0.717, 1.165) is 24.3 Å². The Kier molecular flexibility index (Phi) is 5.54. The summed E-state index contributed by atoms with van der Waals surface area (Å²) in [5.41, 5.74) is -0.558. The molecule has 0 saturated carbocycles. The highest BCUT2D eigenvalue weighted by Crippen LogP contribution is 2.26. The van der Waals surface area contributed by atoms with Gasteiger partial charge in [-0.1, -0.05) is 6.07 Å². The highest BCUT2D eigenvalue weighted by molar-refractivity contribution is 6.12. The molecule has 0 aliphatic heterocycles. The fourth-order valence-electron chi connectivity index (χ4n) is 3.49. The molecule has 5 aromatic rings. The fraction of sp³-hybridized carbons (Fsp3) is 0. The molecule has 1 amide bonds. The predicted molar refractivity (Wildman–Crippen MR) is 121 cm³/mol. The summed E-state index contributed by atoms with van der Waals surface area (Å²) in [6.07, 6.45) is 6.28. The molecule has 172 valence electrons. The second-order valence-corrected chi connectivity index (χ2v) is 7.48. The number of halogens is 3. The summed E-state index contributed by atoms with van der Waals surface area (Å²) < 4.78 is 44.8. The van der Waals surface area contributed by atoms with Crippen LogP contribution < -0.4 is 5.32 Å². The Hall–Kier alpha value is -4.86. The lowest BCUT2D eigenvalue weighted by Gasteiger charge is -2.11. The topological polar surface area (TPSA) is 89.8 Å². The van der Waals surface area contributed by atoms with Crippen molar-refractivity contribution in [2.45, 2.75) is 0 Å². The van der Waals surface area contributed by atoms with Gasteiger partial charge in [0.25, 0.3) is 5.91 Å². The molecule has 2 heterocycles. The maximum absolute atomic E-state index is 15.2. The van der Waals surface area contributed by atoms with Crippen molar-refractivity contribution < 1.29 is 22.8 Å². The van der Waals surface area contributed by atoms with E-state index in [1.165, 1.54) is 42.9 Å². The normalized spacial score (nSPS) is 10.9. The van der Waals surface area contributed by atoms with Gasteiger partial charge in [-0.05, 0) is 48.5 Å². The summed E-state index contributed by atoms with van der Waals surface area (Å²) in [5.74, 6) is -4.32. The molecule has 35 heavy (non-hydrogen) atoms. The van der Waals surface area contributed by atoms with Gasteiger partial charge in [0.15, 0.2) is 17.4 Å². The van der Waals surface area contributed by atoms with Gasteiger partial charge in [-0.15, -0.1) is 0 Å². The van der Waals surface area contributed by atoms with Crippen LogP contribution in [-0.2, 0) is 0 Å². The quantitative estimate of drug-likeness (QED) is 0.373. The fourth-order valence-corrected chi connectivity index (χ4v) is 3.49. The number of anilines is 1. The van der Waals surface area contributed by atoms with Crippen LogP contribution >= 0.6 is 0 Å². The number of ketones is 1. The van der Waals surface area contributed by atoms with Crippen LogP contribution in [0.1, 0.15) is 26.3 Å². The summed E-state index contributed by atoms with van der Waals surface area (Å²) in [6.45, 7) is 0. The van der Waals surface area contributed by atoms with Gasteiger partial charge in [-0.2, -0.15) is 0 Å². The van der Waals surface area contributed by atoms with Crippen molar-refractivity contribution in [1.29, 1.82) is 0 Å². The Morgan fingerprint density at radius 1 is 0.914 bits per heavy atom. The maximum atomic E-state index is 15.2. The Bertz CT molecular complexity index is 1600. The van der Waals surface area contributed by atoms with Gasteiger partial charge in [0.1, 0.15) is 18.0 Å². The number of aromatic nitrogens is 4. The number of carbonyl (C=O) groups excluding carboxylic acids is 2. The van der Waals surface area contributed by atoms with Gasteiger partial charge >= 0.3 is 0 Å². The molecule has 0 aliphatic carbocycles. The largest absolute Gasteiger partial charge is 0.319 e. The molecule has 0 radical (unpaired) electrons. The minimum atomic E-state index is -1.25. The standard InChI is InChI=1S/C25H14F3N5O2/c26-16-3-1-2-15(10-16)25(35)32-19-7-5-17(27)22(23(19)28)24(34)14-4-6-18-20(11-14)31-21(12-30-18)33-9-8-29-13-33/h1-13H,(H,32,35). The first-order valence-corrected chi connectivity index (χ1v) is 10.3. The lowest BCUT2D eigenvalue weighted by molar-refractivity contribution is 0.101. The molecule has 0 aliphatic rings. The first-order chi connectivity index (χ1) is 16.9. The molecule has 0 fully saturated rings. The summed E-state index contributed by atoms with van der Waals surface area (Å²) in [7, 11) is 0. The Morgan fingerprint density at radius 2 is 1.77 bits per heavy atom. The van der Waals surface area contributed by atoms with Crippen LogP contribution in [0.3, 0.4) is 0 Å². The third-order valence-corrected chi connectivity index (χ3v) is 5.21. The number of hydrogen-bond acceptors (Lipinski definition) is 5. The second kappa shape index (κ2) is 8.82. The van der Waals surface area contributed by atoms with Gasteiger partial charge in [0.05, 0.1) is 28.5 Å². The third kappa shape index (κ3) is 4.24. The van der Waals surface area contributed by atoms with E-state index in [0.29, 0.717) is 16.9 Å². The van der Waals surface area contributed by atoms with Crippen molar-refractivity contribution >= 4 is 28.4 Å². The number of imidazole rings is 1. The first kappa shape index (κ1) is 22.0. The van der Waals surface area contributed by atoms with Gasteiger partial charge in [-0.3, -0.25) is 19.1 Å². The lowest BCUT2D eigenvalue weighted by atomic mass is 10.0. The SMILES string of the molecule is O=C(Nc1ccc(F)c(C(=O)c2ccc3ncc(-n4ccnc4)nc3c2)c1F)c1cccc(F)c1. The highest BCUT2D eigenvalue weighted by atomic mass is 19.1. The van der Waals surface area contributed by atoms with Crippen molar-refractivity contribution in [3.8, 4) is 5.82 Å². The van der Waals surface area contributed by atoms with E-state index in [-0.39, 0.29) is 11.1 Å². The third-order valence-electron chi connectivity index (χ3n) is 5.21. The molecule has 0 atom stereocenters. The van der Waals surface area contributed by atoms with Gasteiger partial charge in [0, 0.05) is 23.5 Å². The number of nitrogens with zero attached hydrogens (tertiary/aromatic N) is 4. The first-order valence-electron chi connectivity index (χ1n) is 10.3. The zero-order valence-corrected chi connectivity index (χ0v) is 17.7. The van der Waals surface area contributed by atoms with E-state index in [1.54, 1.807) is 17.0 Å².